The van der Waals surface area contributed by atoms with Crippen molar-refractivity contribution in [1.29, 1.82) is 0 Å². The Hall–Kier alpha value is -1.71. The number of pyridine rings is 1. The van der Waals surface area contributed by atoms with E-state index in [1.807, 2.05) is 0 Å². The Morgan fingerprint density at radius 2 is 2.08 bits per heavy atom. The first-order valence-electron chi connectivity index (χ1n) is 3.68. The highest BCUT2D eigenvalue weighted by atomic mass is 19.2. The monoisotopic (exact) mass is 180 g/mol. The van der Waals surface area contributed by atoms with Gasteiger partial charge in [0.25, 0.3) is 0 Å². The average molecular weight is 180 g/mol. The van der Waals surface area contributed by atoms with E-state index in [1.165, 1.54) is 6.20 Å². The lowest BCUT2D eigenvalue weighted by molar-refractivity contribution is 0.516. The molecule has 66 valence electrons. The van der Waals surface area contributed by atoms with Gasteiger partial charge in [-0.2, -0.15) is 0 Å². The predicted molar refractivity (Wildman–Crippen MR) is 46.1 cm³/mol. The molecule has 0 saturated carbocycles. The minimum atomic E-state index is -0.969. The molecule has 0 spiro atoms. The fourth-order valence-corrected chi connectivity index (χ4v) is 1.20. The predicted octanol–water partition coefficient (Wildman–Crippen LogP) is 2.10. The van der Waals surface area contributed by atoms with E-state index in [2.05, 4.69) is 4.98 Å². The first kappa shape index (κ1) is 7.91. The molecule has 2 N–H and O–H groups in total. The second-order valence-electron chi connectivity index (χ2n) is 2.66. The van der Waals surface area contributed by atoms with Crippen LogP contribution >= 0.6 is 0 Å². The van der Waals surface area contributed by atoms with Crippen molar-refractivity contribution in [1.82, 2.24) is 4.98 Å². The van der Waals surface area contributed by atoms with E-state index >= 15 is 0 Å². The maximum atomic E-state index is 13.1. The zero-order valence-corrected chi connectivity index (χ0v) is 6.59. The highest BCUT2D eigenvalue weighted by Crippen LogP contribution is 2.23. The van der Waals surface area contributed by atoms with Crippen LogP contribution in [-0.4, -0.2) is 4.98 Å². The van der Waals surface area contributed by atoms with E-state index in [0.29, 0.717) is 5.39 Å². The van der Waals surface area contributed by atoms with Gasteiger partial charge in [0, 0.05) is 23.3 Å². The van der Waals surface area contributed by atoms with Crippen LogP contribution in [0.25, 0.3) is 10.9 Å². The quantitative estimate of drug-likeness (QED) is 0.630. The summed E-state index contributed by atoms with van der Waals surface area (Å²) in [4.78, 5) is 3.71. The van der Waals surface area contributed by atoms with Crippen LogP contribution in [0.4, 0.5) is 14.5 Å². The van der Waals surface area contributed by atoms with Crippen LogP contribution in [0.15, 0.2) is 24.4 Å². The number of nitrogens with zero attached hydrogens (tertiary/aromatic N) is 1. The zero-order chi connectivity index (χ0) is 9.42. The largest absolute Gasteiger partial charge is 0.398 e. The molecule has 0 bridgehead atoms. The lowest BCUT2D eigenvalue weighted by atomic mass is 10.2. The summed E-state index contributed by atoms with van der Waals surface area (Å²) in [6.07, 6.45) is 1.39. The fourth-order valence-electron chi connectivity index (χ4n) is 1.20. The number of anilines is 1. The molecule has 0 amide bonds. The summed E-state index contributed by atoms with van der Waals surface area (Å²) in [6.45, 7) is 0. The Kier molecular flexibility index (Phi) is 1.62. The number of aromatic nitrogens is 1. The minimum Gasteiger partial charge on any atom is -0.398 e. The average Bonchev–Trinajstić information content (AvgIpc) is 2.15. The molecule has 0 saturated heterocycles. The summed E-state index contributed by atoms with van der Waals surface area (Å²) < 4.78 is 25.9. The topological polar surface area (TPSA) is 38.9 Å². The number of nitrogens with two attached hydrogens (primary N) is 1. The van der Waals surface area contributed by atoms with Crippen LogP contribution in [0.2, 0.25) is 0 Å². The van der Waals surface area contributed by atoms with Gasteiger partial charge in [-0.1, -0.05) is 0 Å². The molecule has 0 unspecified atom stereocenters. The van der Waals surface area contributed by atoms with Crippen LogP contribution in [0.5, 0.6) is 0 Å². The summed E-state index contributed by atoms with van der Waals surface area (Å²) >= 11 is 0. The van der Waals surface area contributed by atoms with Crippen LogP contribution in [0.3, 0.4) is 0 Å². The number of benzene rings is 1. The lowest BCUT2D eigenvalue weighted by Gasteiger charge is -2.02. The Morgan fingerprint density at radius 1 is 1.31 bits per heavy atom. The zero-order valence-electron chi connectivity index (χ0n) is 6.59. The molecule has 2 aromatic rings. The van der Waals surface area contributed by atoms with Crippen LogP contribution < -0.4 is 5.73 Å². The molecule has 4 heteroatoms. The van der Waals surface area contributed by atoms with Gasteiger partial charge in [0.2, 0.25) is 0 Å². The van der Waals surface area contributed by atoms with Crippen molar-refractivity contribution in [2.75, 3.05) is 5.73 Å². The summed E-state index contributed by atoms with van der Waals surface area (Å²) in [6, 6.07) is 4.18. The van der Waals surface area contributed by atoms with Crippen molar-refractivity contribution in [2.24, 2.45) is 0 Å². The molecule has 2 nitrogen and oxygen atoms in total. The van der Waals surface area contributed by atoms with Crippen LogP contribution in [0, 0.1) is 11.6 Å². The molecule has 1 aromatic carbocycles. The Bertz CT molecular complexity index is 468. The van der Waals surface area contributed by atoms with Gasteiger partial charge in [0.15, 0.2) is 11.6 Å². The molecule has 1 aromatic heterocycles. The van der Waals surface area contributed by atoms with E-state index in [0.717, 1.165) is 6.07 Å². The molecule has 0 radical (unpaired) electrons. The third-order valence-electron chi connectivity index (χ3n) is 1.82. The standard InChI is InChI=1S/C9H6F2N2/c10-6-4-7(12)5-2-1-3-13-9(5)8(6)11/h1-4H,12H2. The number of hydrogen-bond donors (Lipinski definition) is 1. The molecule has 0 aliphatic rings. The Balaban J connectivity index is 2.97. The van der Waals surface area contributed by atoms with Crippen molar-refractivity contribution in [3.8, 4) is 0 Å². The number of hydrogen-bond acceptors (Lipinski definition) is 2. The molecule has 2 rings (SSSR count). The van der Waals surface area contributed by atoms with E-state index in [1.54, 1.807) is 12.1 Å². The maximum Gasteiger partial charge on any atom is 0.185 e. The molecule has 0 aliphatic carbocycles. The summed E-state index contributed by atoms with van der Waals surface area (Å²) in [5.74, 6) is -1.92. The highest BCUT2D eigenvalue weighted by molar-refractivity contribution is 5.90. The van der Waals surface area contributed by atoms with Crippen LogP contribution in [0.1, 0.15) is 0 Å². The second kappa shape index (κ2) is 2.65. The lowest BCUT2D eigenvalue weighted by Crippen LogP contribution is -1.94. The molecular formula is C9H6F2N2. The summed E-state index contributed by atoms with van der Waals surface area (Å²) in [5, 5.41) is 0.432. The van der Waals surface area contributed by atoms with E-state index in [4.69, 9.17) is 5.73 Å². The summed E-state index contributed by atoms with van der Waals surface area (Å²) in [7, 11) is 0. The van der Waals surface area contributed by atoms with Gasteiger partial charge in [0.1, 0.15) is 5.52 Å². The molecule has 0 aliphatic heterocycles. The van der Waals surface area contributed by atoms with Gasteiger partial charge in [-0.05, 0) is 12.1 Å². The molecule has 1 heterocycles. The van der Waals surface area contributed by atoms with Gasteiger partial charge < -0.3 is 5.73 Å². The van der Waals surface area contributed by atoms with Gasteiger partial charge in [-0.15, -0.1) is 0 Å². The smallest absolute Gasteiger partial charge is 0.185 e. The van der Waals surface area contributed by atoms with Gasteiger partial charge in [0.05, 0.1) is 0 Å². The highest BCUT2D eigenvalue weighted by Gasteiger charge is 2.10. The third-order valence-corrected chi connectivity index (χ3v) is 1.82. The molecular weight excluding hydrogens is 174 g/mol. The van der Waals surface area contributed by atoms with E-state index in [-0.39, 0.29) is 11.2 Å². The molecule has 0 fully saturated rings. The van der Waals surface area contributed by atoms with E-state index in [9.17, 15) is 8.78 Å². The third kappa shape index (κ3) is 1.11. The van der Waals surface area contributed by atoms with Crippen molar-refractivity contribution >= 4 is 16.6 Å². The van der Waals surface area contributed by atoms with Gasteiger partial charge in [-0.25, -0.2) is 8.78 Å². The number of nitrogen functional groups attached to an aromatic ring is 1. The van der Waals surface area contributed by atoms with E-state index < -0.39 is 11.6 Å². The maximum absolute atomic E-state index is 13.1. The van der Waals surface area contributed by atoms with Crippen molar-refractivity contribution in [3.63, 3.8) is 0 Å². The van der Waals surface area contributed by atoms with Crippen molar-refractivity contribution in [3.05, 3.63) is 36.0 Å². The molecule has 0 atom stereocenters. The fraction of sp³-hybridized carbons (Fsp3) is 0. The van der Waals surface area contributed by atoms with Crippen molar-refractivity contribution < 1.29 is 8.78 Å². The first-order valence-corrected chi connectivity index (χ1v) is 3.68. The number of fused-ring (bicyclic) bond motifs is 1. The minimum absolute atomic E-state index is 0.0278. The van der Waals surface area contributed by atoms with Gasteiger partial charge >= 0.3 is 0 Å². The SMILES string of the molecule is Nc1cc(F)c(F)c2ncccc12. The normalized spacial score (nSPS) is 10.6. The number of halogens is 2. The Labute approximate surface area is 73.0 Å². The molecule has 13 heavy (non-hydrogen) atoms. The summed E-state index contributed by atoms with van der Waals surface area (Å²) in [5.41, 5.74) is 5.65. The first-order chi connectivity index (χ1) is 6.20. The Morgan fingerprint density at radius 3 is 2.85 bits per heavy atom. The number of rotatable bonds is 0. The van der Waals surface area contributed by atoms with Crippen molar-refractivity contribution in [2.45, 2.75) is 0 Å². The van der Waals surface area contributed by atoms with Gasteiger partial charge in [-0.3, -0.25) is 4.98 Å². The second-order valence-corrected chi connectivity index (χ2v) is 2.66. The van der Waals surface area contributed by atoms with Crippen LogP contribution in [-0.2, 0) is 0 Å².